The summed E-state index contributed by atoms with van der Waals surface area (Å²) in [6, 6.07) is 7.57. The van der Waals surface area contributed by atoms with Gasteiger partial charge in [-0.15, -0.1) is 0 Å². The van der Waals surface area contributed by atoms with Crippen LogP contribution in [-0.2, 0) is 19.1 Å². The Hall–Kier alpha value is -2.41. The lowest BCUT2D eigenvalue weighted by molar-refractivity contribution is -0.144. The molecule has 3 amide bonds. The molecule has 0 bridgehead atoms. The summed E-state index contributed by atoms with van der Waals surface area (Å²) < 4.78 is 5.36. The topological polar surface area (TPSA) is 79.0 Å². The number of ether oxygens (including phenoxy) is 1. The number of anilines is 2. The number of carbonyl (C=O) groups excluding carboxylic acids is 3. The Morgan fingerprint density at radius 3 is 2.43 bits per heavy atom. The number of imide groups is 1. The molecule has 3 rings (SSSR count). The Morgan fingerprint density at radius 2 is 1.82 bits per heavy atom. The largest absolute Gasteiger partial charge is 0.378 e. The number of hydrogen-bond acceptors (Lipinski definition) is 5. The molecule has 1 N–H and O–H groups in total. The molecule has 1 atom stereocenters. The van der Waals surface area contributed by atoms with Gasteiger partial charge in [0.25, 0.3) is 0 Å². The number of carbonyl (C=O) groups is 3. The van der Waals surface area contributed by atoms with E-state index in [-0.39, 0.29) is 30.7 Å². The SMILES string of the molecule is CC(C)CC1(C)CC(=O)N(CC(=O)Nc2ccc(N3CCOCC3)cc2)C1=O. The summed E-state index contributed by atoms with van der Waals surface area (Å²) in [5.41, 5.74) is 1.02. The predicted octanol–water partition coefficient (Wildman–Crippen LogP) is 2.27. The van der Waals surface area contributed by atoms with Crippen LogP contribution in [0.15, 0.2) is 24.3 Å². The minimum absolute atomic E-state index is 0.172. The van der Waals surface area contributed by atoms with Gasteiger partial charge in [-0.3, -0.25) is 19.3 Å². The minimum Gasteiger partial charge on any atom is -0.378 e. The van der Waals surface area contributed by atoms with Crippen molar-refractivity contribution in [2.24, 2.45) is 11.3 Å². The second-order valence-electron chi connectivity index (χ2n) is 8.31. The highest BCUT2D eigenvalue weighted by Crippen LogP contribution is 2.38. The maximum atomic E-state index is 12.7. The van der Waals surface area contributed by atoms with E-state index < -0.39 is 5.41 Å². The van der Waals surface area contributed by atoms with Gasteiger partial charge in [0.05, 0.1) is 18.6 Å². The Balaban J connectivity index is 1.58. The van der Waals surface area contributed by atoms with Gasteiger partial charge in [-0.1, -0.05) is 20.8 Å². The zero-order valence-electron chi connectivity index (χ0n) is 16.9. The van der Waals surface area contributed by atoms with Gasteiger partial charge in [0.2, 0.25) is 17.7 Å². The van der Waals surface area contributed by atoms with Crippen molar-refractivity contribution in [3.8, 4) is 0 Å². The molecule has 2 saturated heterocycles. The average molecular weight is 387 g/mol. The molecule has 1 aromatic rings. The number of hydrogen-bond donors (Lipinski definition) is 1. The highest BCUT2D eigenvalue weighted by Gasteiger charge is 2.48. The van der Waals surface area contributed by atoms with E-state index in [1.165, 1.54) is 0 Å². The molecule has 0 radical (unpaired) electrons. The van der Waals surface area contributed by atoms with Crippen LogP contribution in [0.25, 0.3) is 0 Å². The van der Waals surface area contributed by atoms with Crippen molar-refractivity contribution in [1.82, 2.24) is 4.90 Å². The number of amides is 3. The number of nitrogens with one attached hydrogen (secondary N) is 1. The van der Waals surface area contributed by atoms with E-state index in [2.05, 4.69) is 10.2 Å². The first-order chi connectivity index (χ1) is 13.3. The second kappa shape index (κ2) is 8.31. The van der Waals surface area contributed by atoms with Crippen molar-refractivity contribution in [3.63, 3.8) is 0 Å². The third-order valence-electron chi connectivity index (χ3n) is 5.29. The maximum absolute atomic E-state index is 12.7. The van der Waals surface area contributed by atoms with Crippen LogP contribution >= 0.6 is 0 Å². The first-order valence-corrected chi connectivity index (χ1v) is 9.86. The lowest BCUT2D eigenvalue weighted by Gasteiger charge is -2.28. The molecule has 7 heteroatoms. The van der Waals surface area contributed by atoms with Crippen LogP contribution in [0, 0.1) is 11.3 Å². The molecule has 0 aliphatic carbocycles. The van der Waals surface area contributed by atoms with Gasteiger partial charge in [0.15, 0.2) is 0 Å². The van der Waals surface area contributed by atoms with Crippen LogP contribution in [0.3, 0.4) is 0 Å². The summed E-state index contributed by atoms with van der Waals surface area (Å²) in [5, 5.41) is 2.78. The van der Waals surface area contributed by atoms with Gasteiger partial charge in [-0.25, -0.2) is 0 Å². The first kappa shape index (κ1) is 20.3. The quantitative estimate of drug-likeness (QED) is 0.758. The molecular formula is C21H29N3O4. The fourth-order valence-corrected chi connectivity index (χ4v) is 4.09. The third kappa shape index (κ3) is 4.52. The molecule has 0 spiro atoms. The average Bonchev–Trinajstić information content (AvgIpc) is 2.85. The lowest BCUT2D eigenvalue weighted by Crippen LogP contribution is -2.40. The summed E-state index contributed by atoms with van der Waals surface area (Å²) >= 11 is 0. The first-order valence-electron chi connectivity index (χ1n) is 9.86. The van der Waals surface area contributed by atoms with Crippen molar-refractivity contribution in [2.45, 2.75) is 33.6 Å². The van der Waals surface area contributed by atoms with E-state index in [4.69, 9.17) is 4.74 Å². The molecule has 0 saturated carbocycles. The van der Waals surface area contributed by atoms with Crippen LogP contribution < -0.4 is 10.2 Å². The van der Waals surface area contributed by atoms with Crippen molar-refractivity contribution >= 4 is 29.1 Å². The van der Waals surface area contributed by atoms with Gasteiger partial charge in [-0.2, -0.15) is 0 Å². The van der Waals surface area contributed by atoms with Crippen LogP contribution in [0.1, 0.15) is 33.6 Å². The Labute approximate surface area is 166 Å². The van der Waals surface area contributed by atoms with Crippen molar-refractivity contribution < 1.29 is 19.1 Å². The van der Waals surface area contributed by atoms with Gasteiger partial charge in [-0.05, 0) is 36.6 Å². The van der Waals surface area contributed by atoms with Crippen LogP contribution in [-0.4, -0.2) is 55.5 Å². The summed E-state index contributed by atoms with van der Waals surface area (Å²) in [6.07, 6.45) is 0.810. The molecule has 0 aromatic heterocycles. The molecule has 7 nitrogen and oxygen atoms in total. The zero-order chi connectivity index (χ0) is 20.3. The highest BCUT2D eigenvalue weighted by atomic mass is 16.5. The predicted molar refractivity (Wildman–Crippen MR) is 107 cm³/mol. The fourth-order valence-electron chi connectivity index (χ4n) is 4.09. The number of morpholine rings is 1. The van der Waals surface area contributed by atoms with E-state index in [0.717, 1.165) is 23.7 Å². The number of benzene rings is 1. The van der Waals surface area contributed by atoms with Crippen molar-refractivity contribution in [3.05, 3.63) is 24.3 Å². The Bertz CT molecular complexity index is 741. The van der Waals surface area contributed by atoms with E-state index in [1.807, 2.05) is 45.0 Å². The summed E-state index contributed by atoms with van der Waals surface area (Å²) in [4.78, 5) is 40.7. The number of nitrogens with zero attached hydrogens (tertiary/aromatic N) is 2. The minimum atomic E-state index is -0.703. The van der Waals surface area contributed by atoms with E-state index in [1.54, 1.807) is 0 Å². The normalized spacial score (nSPS) is 22.9. The summed E-state index contributed by atoms with van der Waals surface area (Å²) in [5.74, 6) is -0.579. The molecule has 2 aliphatic heterocycles. The van der Waals surface area contributed by atoms with Crippen LogP contribution in [0.4, 0.5) is 11.4 Å². The van der Waals surface area contributed by atoms with Crippen molar-refractivity contribution in [2.75, 3.05) is 43.1 Å². The molecule has 152 valence electrons. The van der Waals surface area contributed by atoms with E-state index in [9.17, 15) is 14.4 Å². The smallest absolute Gasteiger partial charge is 0.244 e. The molecule has 1 unspecified atom stereocenters. The van der Waals surface area contributed by atoms with E-state index in [0.29, 0.717) is 31.2 Å². The highest BCUT2D eigenvalue weighted by molar-refractivity contribution is 6.09. The molecular weight excluding hydrogens is 358 g/mol. The Kier molecular flexibility index (Phi) is 6.03. The molecule has 28 heavy (non-hydrogen) atoms. The van der Waals surface area contributed by atoms with Crippen molar-refractivity contribution in [1.29, 1.82) is 0 Å². The fraction of sp³-hybridized carbons (Fsp3) is 0.571. The van der Waals surface area contributed by atoms with Gasteiger partial charge in [0, 0.05) is 30.9 Å². The standard InChI is InChI=1S/C21H29N3O4/c1-15(2)12-21(3)13-19(26)24(20(21)27)14-18(25)22-16-4-6-17(7-5-16)23-8-10-28-11-9-23/h4-7,15H,8-14H2,1-3H3,(H,22,25). The van der Waals surface area contributed by atoms with E-state index >= 15 is 0 Å². The number of likely N-dealkylation sites (tertiary alicyclic amines) is 1. The lowest BCUT2D eigenvalue weighted by atomic mass is 9.80. The van der Waals surface area contributed by atoms with Gasteiger partial charge >= 0.3 is 0 Å². The molecule has 1 aromatic carbocycles. The maximum Gasteiger partial charge on any atom is 0.244 e. The molecule has 2 fully saturated rings. The monoisotopic (exact) mass is 387 g/mol. The van der Waals surface area contributed by atoms with Gasteiger partial charge in [0.1, 0.15) is 6.54 Å². The van der Waals surface area contributed by atoms with Gasteiger partial charge < -0.3 is 15.0 Å². The van der Waals surface area contributed by atoms with Crippen LogP contribution in [0.2, 0.25) is 0 Å². The molecule has 2 aliphatic rings. The van der Waals surface area contributed by atoms with Crippen LogP contribution in [0.5, 0.6) is 0 Å². The summed E-state index contributed by atoms with van der Waals surface area (Å²) in [6.45, 7) is 8.75. The zero-order valence-corrected chi connectivity index (χ0v) is 16.9. The second-order valence-corrected chi connectivity index (χ2v) is 8.31. The Morgan fingerprint density at radius 1 is 1.18 bits per heavy atom. The number of rotatable bonds is 6. The summed E-state index contributed by atoms with van der Waals surface area (Å²) in [7, 11) is 0. The molecule has 2 heterocycles. The third-order valence-corrected chi connectivity index (χ3v) is 5.29.